The van der Waals surface area contributed by atoms with E-state index in [0.29, 0.717) is 16.9 Å². The molecule has 0 unspecified atom stereocenters. The fourth-order valence-corrected chi connectivity index (χ4v) is 2.05. The number of amides is 1. The fraction of sp³-hybridized carbons (Fsp3) is 0.278. The van der Waals surface area contributed by atoms with Crippen LogP contribution in [-0.4, -0.2) is 16.7 Å². The lowest BCUT2D eigenvalue weighted by Gasteiger charge is -2.19. The molecule has 0 radical (unpaired) electrons. The maximum atomic E-state index is 11.7. The van der Waals surface area contributed by atoms with Gasteiger partial charge in [0.15, 0.2) is 0 Å². The van der Waals surface area contributed by atoms with Crippen LogP contribution in [0.5, 0.6) is 0 Å². The van der Waals surface area contributed by atoms with Crippen molar-refractivity contribution in [2.24, 2.45) is 0 Å². The molecule has 0 bridgehead atoms. The van der Waals surface area contributed by atoms with Gasteiger partial charge in [-0.05, 0) is 51.5 Å². The number of aromatic nitrogens is 1. The van der Waals surface area contributed by atoms with Crippen LogP contribution in [0.3, 0.4) is 0 Å². The summed E-state index contributed by atoms with van der Waals surface area (Å²) in [6, 6.07) is 11.1. The molecule has 0 aliphatic carbocycles. The third-order valence-corrected chi connectivity index (χ3v) is 3.07. The molecule has 0 atom stereocenters. The van der Waals surface area contributed by atoms with Crippen LogP contribution in [0.4, 0.5) is 10.5 Å². The molecule has 0 aliphatic rings. The number of nitrogens with zero attached hydrogens (tertiary/aromatic N) is 2. The van der Waals surface area contributed by atoms with Gasteiger partial charge in [0.25, 0.3) is 0 Å². The first-order valence-electron chi connectivity index (χ1n) is 7.26. The SMILES string of the molecule is Cc1ccnc(-c2ccc(NC(=O)OC(C)(C)C)cc2)c1C#N. The van der Waals surface area contributed by atoms with Crippen LogP contribution in [0.1, 0.15) is 31.9 Å². The highest BCUT2D eigenvalue weighted by Gasteiger charge is 2.16. The van der Waals surface area contributed by atoms with Crippen LogP contribution in [0.25, 0.3) is 11.3 Å². The number of nitrogens with one attached hydrogen (secondary N) is 1. The third-order valence-electron chi connectivity index (χ3n) is 3.07. The minimum atomic E-state index is -0.544. The van der Waals surface area contributed by atoms with E-state index in [2.05, 4.69) is 16.4 Å². The number of carbonyl (C=O) groups is 1. The Morgan fingerprint density at radius 1 is 1.22 bits per heavy atom. The first-order valence-corrected chi connectivity index (χ1v) is 7.26. The Morgan fingerprint density at radius 2 is 1.87 bits per heavy atom. The molecule has 0 aliphatic heterocycles. The zero-order valence-electron chi connectivity index (χ0n) is 13.7. The number of benzene rings is 1. The zero-order chi connectivity index (χ0) is 17.0. The maximum absolute atomic E-state index is 11.7. The number of aryl methyl sites for hydroxylation is 1. The summed E-state index contributed by atoms with van der Waals surface area (Å²) in [6.45, 7) is 7.30. The highest BCUT2D eigenvalue weighted by Crippen LogP contribution is 2.24. The third kappa shape index (κ3) is 4.30. The van der Waals surface area contributed by atoms with Crippen LogP contribution in [0.15, 0.2) is 36.5 Å². The minimum Gasteiger partial charge on any atom is -0.444 e. The molecular weight excluding hydrogens is 290 g/mol. The summed E-state index contributed by atoms with van der Waals surface area (Å²) < 4.78 is 5.20. The Morgan fingerprint density at radius 3 is 2.43 bits per heavy atom. The molecule has 1 aromatic heterocycles. The highest BCUT2D eigenvalue weighted by molar-refractivity contribution is 5.85. The number of anilines is 1. The van der Waals surface area contributed by atoms with E-state index in [1.165, 1.54) is 0 Å². The van der Waals surface area contributed by atoms with Gasteiger partial charge in [-0.15, -0.1) is 0 Å². The van der Waals surface area contributed by atoms with Crippen molar-refractivity contribution >= 4 is 11.8 Å². The van der Waals surface area contributed by atoms with Crippen LogP contribution >= 0.6 is 0 Å². The van der Waals surface area contributed by atoms with Gasteiger partial charge in [0, 0.05) is 17.4 Å². The van der Waals surface area contributed by atoms with Crippen molar-refractivity contribution in [1.82, 2.24) is 4.98 Å². The molecule has 1 heterocycles. The van der Waals surface area contributed by atoms with Gasteiger partial charge in [-0.1, -0.05) is 12.1 Å². The van der Waals surface area contributed by atoms with Crippen molar-refractivity contribution in [3.63, 3.8) is 0 Å². The van der Waals surface area contributed by atoms with E-state index in [0.717, 1.165) is 11.1 Å². The van der Waals surface area contributed by atoms with E-state index in [1.54, 1.807) is 24.4 Å². The van der Waals surface area contributed by atoms with E-state index in [1.807, 2.05) is 39.8 Å². The zero-order valence-corrected chi connectivity index (χ0v) is 13.7. The topological polar surface area (TPSA) is 75.0 Å². The Kier molecular flexibility index (Phi) is 4.65. The Hall–Kier alpha value is -2.87. The predicted molar refractivity (Wildman–Crippen MR) is 89.0 cm³/mol. The summed E-state index contributed by atoms with van der Waals surface area (Å²) in [5, 5.41) is 11.9. The monoisotopic (exact) mass is 309 g/mol. The van der Waals surface area contributed by atoms with Gasteiger partial charge in [0.05, 0.1) is 11.3 Å². The molecule has 2 aromatic rings. The lowest BCUT2D eigenvalue weighted by atomic mass is 10.0. The quantitative estimate of drug-likeness (QED) is 0.898. The molecule has 0 fully saturated rings. The van der Waals surface area contributed by atoms with Crippen molar-refractivity contribution < 1.29 is 9.53 Å². The second-order valence-corrected chi connectivity index (χ2v) is 6.17. The molecule has 0 saturated heterocycles. The van der Waals surface area contributed by atoms with Crippen LogP contribution in [0, 0.1) is 18.3 Å². The van der Waals surface area contributed by atoms with Crippen LogP contribution in [0.2, 0.25) is 0 Å². The molecule has 1 N–H and O–H groups in total. The van der Waals surface area contributed by atoms with E-state index < -0.39 is 11.7 Å². The molecule has 0 saturated carbocycles. The van der Waals surface area contributed by atoms with Gasteiger partial charge in [-0.3, -0.25) is 10.3 Å². The molecular formula is C18H19N3O2. The standard InChI is InChI=1S/C18H19N3O2/c1-12-9-10-20-16(15(12)11-19)13-5-7-14(8-6-13)21-17(22)23-18(2,3)4/h5-10H,1-4H3,(H,21,22). The van der Waals surface area contributed by atoms with E-state index in [-0.39, 0.29) is 0 Å². The van der Waals surface area contributed by atoms with Crippen molar-refractivity contribution in [1.29, 1.82) is 5.26 Å². The lowest BCUT2D eigenvalue weighted by Crippen LogP contribution is -2.27. The lowest BCUT2D eigenvalue weighted by molar-refractivity contribution is 0.0636. The molecule has 1 aromatic carbocycles. The van der Waals surface area contributed by atoms with E-state index >= 15 is 0 Å². The number of nitriles is 1. The molecule has 0 spiro atoms. The second-order valence-electron chi connectivity index (χ2n) is 6.17. The van der Waals surface area contributed by atoms with Crippen molar-refractivity contribution in [3.8, 4) is 17.3 Å². The molecule has 2 rings (SSSR count). The van der Waals surface area contributed by atoms with Gasteiger partial charge >= 0.3 is 6.09 Å². The highest BCUT2D eigenvalue weighted by atomic mass is 16.6. The van der Waals surface area contributed by atoms with Gasteiger partial charge in [-0.2, -0.15) is 5.26 Å². The largest absolute Gasteiger partial charge is 0.444 e. The van der Waals surface area contributed by atoms with Gasteiger partial charge in [-0.25, -0.2) is 4.79 Å². The number of carbonyl (C=O) groups excluding carboxylic acids is 1. The molecule has 5 nitrogen and oxygen atoms in total. The molecule has 5 heteroatoms. The summed E-state index contributed by atoms with van der Waals surface area (Å²) in [4.78, 5) is 16.0. The van der Waals surface area contributed by atoms with Crippen LogP contribution in [-0.2, 0) is 4.74 Å². The maximum Gasteiger partial charge on any atom is 0.412 e. The van der Waals surface area contributed by atoms with Crippen LogP contribution < -0.4 is 5.32 Å². The van der Waals surface area contributed by atoms with Gasteiger partial charge in [0.1, 0.15) is 11.7 Å². The van der Waals surface area contributed by atoms with E-state index in [4.69, 9.17) is 4.74 Å². The first-order chi connectivity index (χ1) is 10.8. The Balaban J connectivity index is 2.20. The van der Waals surface area contributed by atoms with Gasteiger partial charge in [0.2, 0.25) is 0 Å². The number of hydrogen-bond acceptors (Lipinski definition) is 4. The summed E-state index contributed by atoms with van der Waals surface area (Å²) in [6.07, 6.45) is 1.18. The Labute approximate surface area is 135 Å². The predicted octanol–water partition coefficient (Wildman–Crippen LogP) is 4.28. The average molecular weight is 309 g/mol. The number of rotatable bonds is 2. The summed E-state index contributed by atoms with van der Waals surface area (Å²) in [7, 11) is 0. The summed E-state index contributed by atoms with van der Waals surface area (Å²) >= 11 is 0. The Bertz CT molecular complexity index is 753. The number of ether oxygens (including phenoxy) is 1. The van der Waals surface area contributed by atoms with Crippen molar-refractivity contribution in [2.75, 3.05) is 5.32 Å². The normalized spacial score (nSPS) is 10.7. The van der Waals surface area contributed by atoms with E-state index in [9.17, 15) is 10.1 Å². The van der Waals surface area contributed by atoms with Crippen molar-refractivity contribution in [2.45, 2.75) is 33.3 Å². The molecule has 118 valence electrons. The summed E-state index contributed by atoms with van der Waals surface area (Å²) in [5.74, 6) is 0. The number of hydrogen-bond donors (Lipinski definition) is 1. The fourth-order valence-electron chi connectivity index (χ4n) is 2.05. The average Bonchev–Trinajstić information content (AvgIpc) is 2.45. The van der Waals surface area contributed by atoms with Crippen molar-refractivity contribution in [3.05, 3.63) is 47.7 Å². The molecule has 1 amide bonds. The van der Waals surface area contributed by atoms with Gasteiger partial charge < -0.3 is 4.74 Å². The minimum absolute atomic E-state index is 0.503. The first kappa shape index (κ1) is 16.5. The second kappa shape index (κ2) is 6.49. The molecule has 23 heavy (non-hydrogen) atoms. The number of pyridine rings is 1. The smallest absolute Gasteiger partial charge is 0.412 e. The summed E-state index contributed by atoms with van der Waals surface area (Å²) in [5.41, 5.74) is 2.97.